The van der Waals surface area contributed by atoms with Crippen LogP contribution in [0.4, 0.5) is 0 Å². The van der Waals surface area contributed by atoms with E-state index in [1.807, 2.05) is 12.1 Å². The van der Waals surface area contributed by atoms with Crippen molar-refractivity contribution >= 4 is 28.6 Å². The largest absolute Gasteiger partial charge is 0.312 e. The molecule has 0 heterocycles. The van der Waals surface area contributed by atoms with E-state index < -0.39 is 0 Å². The van der Waals surface area contributed by atoms with Crippen LogP contribution in [0.5, 0.6) is 0 Å². The molecule has 66 valence electrons. The van der Waals surface area contributed by atoms with E-state index in [9.17, 15) is 0 Å². The van der Waals surface area contributed by atoms with Crippen LogP contribution in [-0.2, 0) is 6.54 Å². The minimum atomic E-state index is 0.883. The molecular weight excluding hydrogens is 234 g/mol. The molecular formula is C9H12BrNS. The van der Waals surface area contributed by atoms with Gasteiger partial charge in [-0.1, -0.05) is 28.1 Å². The maximum absolute atomic E-state index is 4.12. The van der Waals surface area contributed by atoms with Crippen molar-refractivity contribution in [3.05, 3.63) is 34.3 Å². The second-order valence-corrected chi connectivity index (χ2v) is 3.89. The molecule has 0 bridgehead atoms. The molecule has 0 aromatic heterocycles. The van der Waals surface area contributed by atoms with Crippen molar-refractivity contribution in [2.45, 2.75) is 6.54 Å². The average molecular weight is 246 g/mol. The molecule has 0 aliphatic heterocycles. The van der Waals surface area contributed by atoms with Crippen molar-refractivity contribution in [2.24, 2.45) is 0 Å². The predicted molar refractivity (Wildman–Crippen MR) is 59.7 cm³/mol. The number of benzene rings is 1. The molecule has 0 radical (unpaired) electrons. The number of rotatable bonds is 4. The summed E-state index contributed by atoms with van der Waals surface area (Å²) in [6.07, 6.45) is 0. The summed E-state index contributed by atoms with van der Waals surface area (Å²) in [4.78, 5) is 0. The molecule has 0 spiro atoms. The summed E-state index contributed by atoms with van der Waals surface area (Å²) < 4.78 is 1.13. The van der Waals surface area contributed by atoms with Crippen LogP contribution in [0.25, 0.3) is 0 Å². The van der Waals surface area contributed by atoms with E-state index in [2.05, 4.69) is 46.0 Å². The molecule has 1 N–H and O–H groups in total. The van der Waals surface area contributed by atoms with Crippen molar-refractivity contribution in [3.63, 3.8) is 0 Å². The van der Waals surface area contributed by atoms with Gasteiger partial charge in [-0.15, -0.1) is 0 Å². The first-order valence-electron chi connectivity index (χ1n) is 3.89. The molecule has 0 aliphatic rings. The summed E-state index contributed by atoms with van der Waals surface area (Å²) in [5.41, 5.74) is 1.30. The summed E-state index contributed by atoms with van der Waals surface area (Å²) in [6.45, 7) is 1.87. The first kappa shape index (κ1) is 10.1. The van der Waals surface area contributed by atoms with Gasteiger partial charge in [0.25, 0.3) is 0 Å². The Morgan fingerprint density at radius 1 is 1.42 bits per heavy atom. The Balaban J connectivity index is 2.41. The normalized spacial score (nSPS) is 10.2. The Morgan fingerprint density at radius 2 is 2.25 bits per heavy atom. The van der Waals surface area contributed by atoms with Crippen molar-refractivity contribution < 1.29 is 0 Å². The summed E-state index contributed by atoms with van der Waals surface area (Å²) >= 11 is 7.54. The van der Waals surface area contributed by atoms with Gasteiger partial charge in [-0.2, -0.15) is 12.6 Å². The van der Waals surface area contributed by atoms with E-state index >= 15 is 0 Å². The molecule has 3 heteroatoms. The van der Waals surface area contributed by atoms with Gasteiger partial charge in [-0.3, -0.25) is 0 Å². The van der Waals surface area contributed by atoms with Crippen LogP contribution in [0.15, 0.2) is 28.7 Å². The van der Waals surface area contributed by atoms with Gasteiger partial charge < -0.3 is 5.32 Å². The Labute approximate surface area is 87.1 Å². The highest BCUT2D eigenvalue weighted by Crippen LogP contribution is 2.10. The van der Waals surface area contributed by atoms with Crippen molar-refractivity contribution in [3.8, 4) is 0 Å². The van der Waals surface area contributed by atoms with Crippen molar-refractivity contribution in [1.29, 1.82) is 0 Å². The standard InChI is InChI=1S/C9H12BrNS/c10-9-3-1-2-8(6-9)7-11-4-5-12/h1-3,6,11-12H,4-5,7H2. The van der Waals surface area contributed by atoms with Gasteiger partial charge in [0.1, 0.15) is 0 Å². The van der Waals surface area contributed by atoms with E-state index in [4.69, 9.17) is 0 Å². The average Bonchev–Trinajstić information content (AvgIpc) is 2.05. The topological polar surface area (TPSA) is 12.0 Å². The number of halogens is 1. The van der Waals surface area contributed by atoms with Gasteiger partial charge in [0.2, 0.25) is 0 Å². The Kier molecular flexibility index (Phi) is 4.73. The third kappa shape index (κ3) is 3.61. The van der Waals surface area contributed by atoms with Crippen LogP contribution >= 0.6 is 28.6 Å². The lowest BCUT2D eigenvalue weighted by molar-refractivity contribution is 0.733. The smallest absolute Gasteiger partial charge is 0.0206 e. The van der Waals surface area contributed by atoms with Crippen molar-refractivity contribution in [1.82, 2.24) is 5.32 Å². The predicted octanol–water partition coefficient (Wildman–Crippen LogP) is 2.47. The summed E-state index contributed by atoms with van der Waals surface area (Å²) in [5.74, 6) is 0.883. The molecule has 0 saturated heterocycles. The van der Waals surface area contributed by atoms with Crippen LogP contribution in [0, 0.1) is 0 Å². The molecule has 0 fully saturated rings. The van der Waals surface area contributed by atoms with E-state index in [-0.39, 0.29) is 0 Å². The molecule has 1 rings (SSSR count). The van der Waals surface area contributed by atoms with Crippen LogP contribution in [-0.4, -0.2) is 12.3 Å². The highest BCUT2D eigenvalue weighted by molar-refractivity contribution is 9.10. The first-order chi connectivity index (χ1) is 5.83. The minimum absolute atomic E-state index is 0.883. The fraction of sp³-hybridized carbons (Fsp3) is 0.333. The van der Waals surface area contributed by atoms with Gasteiger partial charge in [-0.05, 0) is 17.7 Å². The summed E-state index contributed by atoms with van der Waals surface area (Å²) in [6, 6.07) is 8.30. The number of hydrogen-bond donors (Lipinski definition) is 2. The zero-order valence-corrected chi connectivity index (χ0v) is 9.24. The molecule has 1 aromatic rings. The van der Waals surface area contributed by atoms with Gasteiger partial charge in [0.15, 0.2) is 0 Å². The lowest BCUT2D eigenvalue weighted by Crippen LogP contribution is -2.15. The number of hydrogen-bond acceptors (Lipinski definition) is 2. The second-order valence-electron chi connectivity index (χ2n) is 2.53. The lowest BCUT2D eigenvalue weighted by atomic mass is 10.2. The fourth-order valence-corrected chi connectivity index (χ4v) is 1.56. The highest BCUT2D eigenvalue weighted by Gasteiger charge is 1.91. The third-order valence-electron chi connectivity index (χ3n) is 1.51. The SMILES string of the molecule is SCCNCc1cccc(Br)c1. The summed E-state index contributed by atoms with van der Waals surface area (Å²) in [5, 5.41) is 3.28. The fourth-order valence-electron chi connectivity index (χ4n) is 0.959. The van der Waals surface area contributed by atoms with Crippen molar-refractivity contribution in [2.75, 3.05) is 12.3 Å². The molecule has 0 amide bonds. The van der Waals surface area contributed by atoms with E-state index in [1.165, 1.54) is 5.56 Å². The molecule has 0 atom stereocenters. The van der Waals surface area contributed by atoms with Crippen LogP contribution in [0.3, 0.4) is 0 Å². The van der Waals surface area contributed by atoms with Crippen LogP contribution in [0.2, 0.25) is 0 Å². The van der Waals surface area contributed by atoms with Gasteiger partial charge in [0.05, 0.1) is 0 Å². The molecule has 0 aliphatic carbocycles. The Bertz CT molecular complexity index is 240. The van der Waals surface area contributed by atoms with E-state index in [0.717, 1.165) is 23.3 Å². The quantitative estimate of drug-likeness (QED) is 0.614. The van der Waals surface area contributed by atoms with E-state index in [1.54, 1.807) is 0 Å². The minimum Gasteiger partial charge on any atom is -0.312 e. The number of nitrogens with one attached hydrogen (secondary N) is 1. The maximum atomic E-state index is 4.12. The molecule has 1 nitrogen and oxygen atoms in total. The molecule has 12 heavy (non-hydrogen) atoms. The highest BCUT2D eigenvalue weighted by atomic mass is 79.9. The Morgan fingerprint density at radius 3 is 2.92 bits per heavy atom. The third-order valence-corrected chi connectivity index (χ3v) is 2.22. The monoisotopic (exact) mass is 245 g/mol. The lowest BCUT2D eigenvalue weighted by Gasteiger charge is -2.02. The van der Waals surface area contributed by atoms with Crippen LogP contribution < -0.4 is 5.32 Å². The first-order valence-corrected chi connectivity index (χ1v) is 5.31. The molecule has 1 aromatic carbocycles. The van der Waals surface area contributed by atoms with Gasteiger partial charge in [0, 0.05) is 23.3 Å². The Hall–Kier alpha value is 0.01000. The zero-order chi connectivity index (χ0) is 8.81. The molecule has 0 unspecified atom stereocenters. The van der Waals surface area contributed by atoms with Gasteiger partial charge in [-0.25, -0.2) is 0 Å². The second kappa shape index (κ2) is 5.62. The number of thiol groups is 1. The summed E-state index contributed by atoms with van der Waals surface area (Å²) in [7, 11) is 0. The van der Waals surface area contributed by atoms with Crippen LogP contribution in [0.1, 0.15) is 5.56 Å². The van der Waals surface area contributed by atoms with E-state index in [0.29, 0.717) is 0 Å². The molecule has 0 saturated carbocycles. The van der Waals surface area contributed by atoms with Gasteiger partial charge >= 0.3 is 0 Å². The zero-order valence-electron chi connectivity index (χ0n) is 6.76. The maximum Gasteiger partial charge on any atom is 0.0206 e.